The highest BCUT2D eigenvalue weighted by Crippen LogP contribution is 2.11. The van der Waals surface area contributed by atoms with Crippen molar-refractivity contribution in [2.24, 2.45) is 0 Å². The highest BCUT2D eigenvalue weighted by atomic mass is 16.3. The van der Waals surface area contributed by atoms with E-state index in [9.17, 15) is 19.8 Å². The summed E-state index contributed by atoms with van der Waals surface area (Å²) in [7, 11) is 0. The Hall–Kier alpha value is -0.940. The Morgan fingerprint density at radius 2 is 1.71 bits per heavy atom. The maximum Gasteiger partial charge on any atom is 0.223 e. The molecule has 1 aliphatic rings. The molecule has 1 fully saturated rings. The predicted octanol–water partition coefficient (Wildman–Crippen LogP) is -1.08. The average molecular weight is 201 g/mol. The number of carbonyl (C=O) groups is 2. The lowest BCUT2D eigenvalue weighted by atomic mass is 10.2. The van der Waals surface area contributed by atoms with Gasteiger partial charge < -0.3 is 19.9 Å². The van der Waals surface area contributed by atoms with Crippen LogP contribution in [0.5, 0.6) is 0 Å². The van der Waals surface area contributed by atoms with Crippen molar-refractivity contribution in [1.82, 2.24) is 4.90 Å². The van der Waals surface area contributed by atoms with Gasteiger partial charge in [0.25, 0.3) is 0 Å². The number of aliphatic hydroxyl groups is 2. The molecule has 0 saturated carbocycles. The molecule has 0 aromatic heterocycles. The molecule has 5 nitrogen and oxygen atoms in total. The number of likely N-dealkylation sites (tertiary alicyclic amines) is 1. The Bertz CT molecular complexity index is 231. The first-order valence-corrected chi connectivity index (χ1v) is 4.64. The van der Waals surface area contributed by atoms with E-state index in [4.69, 9.17) is 0 Å². The van der Waals surface area contributed by atoms with Crippen molar-refractivity contribution in [1.29, 1.82) is 0 Å². The number of Topliss-reactive ketones (excluding diaryl/α,β-unsaturated/α-hetero) is 1. The molecule has 0 spiro atoms. The van der Waals surface area contributed by atoms with Crippen LogP contribution in [0.25, 0.3) is 0 Å². The Balaban J connectivity index is 2.36. The average Bonchev–Trinajstić information content (AvgIpc) is 2.43. The van der Waals surface area contributed by atoms with Gasteiger partial charge in [-0.2, -0.15) is 0 Å². The van der Waals surface area contributed by atoms with Crippen LogP contribution in [0.15, 0.2) is 0 Å². The fourth-order valence-corrected chi connectivity index (χ4v) is 1.41. The minimum atomic E-state index is -0.851. The molecular weight excluding hydrogens is 186 g/mol. The van der Waals surface area contributed by atoms with Crippen LogP contribution in [0.4, 0.5) is 0 Å². The highest BCUT2D eigenvalue weighted by Gasteiger charge is 2.32. The fraction of sp³-hybridized carbons (Fsp3) is 0.778. The Morgan fingerprint density at radius 1 is 1.21 bits per heavy atom. The SMILES string of the molecule is CC(=O)CCC(=O)N1CC(O)C(O)C1. The minimum Gasteiger partial charge on any atom is -0.388 e. The first kappa shape index (κ1) is 11.1. The Kier molecular flexibility index (Phi) is 3.60. The number of hydrogen-bond donors (Lipinski definition) is 2. The van der Waals surface area contributed by atoms with Crippen molar-refractivity contribution in [2.45, 2.75) is 32.0 Å². The zero-order valence-electron chi connectivity index (χ0n) is 8.14. The Morgan fingerprint density at radius 3 is 2.14 bits per heavy atom. The summed E-state index contributed by atoms with van der Waals surface area (Å²) in [5.41, 5.74) is 0. The number of nitrogens with zero attached hydrogens (tertiary/aromatic N) is 1. The summed E-state index contributed by atoms with van der Waals surface area (Å²) < 4.78 is 0. The number of carbonyl (C=O) groups excluding carboxylic acids is 2. The van der Waals surface area contributed by atoms with Crippen LogP contribution < -0.4 is 0 Å². The van der Waals surface area contributed by atoms with Gasteiger partial charge in [-0.15, -0.1) is 0 Å². The van der Waals surface area contributed by atoms with Gasteiger partial charge in [0.15, 0.2) is 0 Å². The summed E-state index contributed by atoms with van der Waals surface area (Å²) in [6, 6.07) is 0. The molecule has 2 N–H and O–H groups in total. The number of β-amino-alcohol motifs (C(OH)–C–C–N with tert-alkyl or cyclic N) is 2. The van der Waals surface area contributed by atoms with Gasteiger partial charge in [-0.25, -0.2) is 0 Å². The molecule has 14 heavy (non-hydrogen) atoms. The number of rotatable bonds is 3. The molecule has 1 saturated heterocycles. The van der Waals surface area contributed by atoms with Crippen molar-refractivity contribution in [3.8, 4) is 0 Å². The lowest BCUT2D eigenvalue weighted by molar-refractivity contribution is -0.132. The van der Waals surface area contributed by atoms with E-state index in [0.717, 1.165) is 0 Å². The zero-order valence-corrected chi connectivity index (χ0v) is 8.14. The molecule has 0 aliphatic carbocycles. The van der Waals surface area contributed by atoms with Crippen LogP contribution in [0.3, 0.4) is 0 Å². The lowest BCUT2D eigenvalue weighted by Gasteiger charge is -2.14. The van der Waals surface area contributed by atoms with E-state index < -0.39 is 12.2 Å². The quantitative estimate of drug-likeness (QED) is 0.609. The van der Waals surface area contributed by atoms with Crippen LogP contribution in [0.1, 0.15) is 19.8 Å². The van der Waals surface area contributed by atoms with Gasteiger partial charge in [0, 0.05) is 25.9 Å². The molecular formula is C9H15NO4. The maximum atomic E-state index is 11.4. The van der Waals surface area contributed by atoms with Crippen molar-refractivity contribution in [3.05, 3.63) is 0 Å². The fourth-order valence-electron chi connectivity index (χ4n) is 1.41. The minimum absolute atomic E-state index is 0.0290. The zero-order chi connectivity index (χ0) is 10.7. The molecule has 0 aromatic rings. The van der Waals surface area contributed by atoms with E-state index in [0.29, 0.717) is 0 Å². The lowest BCUT2D eigenvalue weighted by Crippen LogP contribution is -2.29. The molecule has 1 heterocycles. The van der Waals surface area contributed by atoms with Crippen LogP contribution in [-0.4, -0.2) is 52.1 Å². The molecule has 5 heteroatoms. The molecule has 0 aromatic carbocycles. The smallest absolute Gasteiger partial charge is 0.223 e. The van der Waals surface area contributed by atoms with Gasteiger partial charge in [-0.1, -0.05) is 0 Å². The predicted molar refractivity (Wildman–Crippen MR) is 48.5 cm³/mol. The number of amides is 1. The van der Waals surface area contributed by atoms with Crippen molar-refractivity contribution in [3.63, 3.8) is 0 Å². The molecule has 0 bridgehead atoms. The summed E-state index contributed by atoms with van der Waals surface area (Å²) in [6.45, 7) is 1.76. The summed E-state index contributed by atoms with van der Waals surface area (Å²) >= 11 is 0. The van der Waals surface area contributed by atoms with Gasteiger partial charge in [-0.3, -0.25) is 4.79 Å². The van der Waals surface area contributed by atoms with E-state index in [1.807, 2.05) is 0 Å². The van der Waals surface area contributed by atoms with Crippen LogP contribution >= 0.6 is 0 Å². The van der Waals surface area contributed by atoms with Gasteiger partial charge in [0.2, 0.25) is 5.91 Å². The second-order valence-electron chi connectivity index (χ2n) is 3.64. The van der Waals surface area contributed by atoms with E-state index in [1.54, 1.807) is 0 Å². The standard InChI is InChI=1S/C9H15NO4/c1-6(11)2-3-9(14)10-4-7(12)8(13)5-10/h7-8,12-13H,2-5H2,1H3. The molecule has 1 amide bonds. The van der Waals surface area contributed by atoms with E-state index in [2.05, 4.69) is 0 Å². The summed E-state index contributed by atoms with van der Waals surface area (Å²) in [5, 5.41) is 18.4. The summed E-state index contributed by atoms with van der Waals surface area (Å²) in [6.07, 6.45) is -1.32. The summed E-state index contributed by atoms with van der Waals surface area (Å²) in [4.78, 5) is 23.4. The number of hydrogen-bond acceptors (Lipinski definition) is 4. The molecule has 2 atom stereocenters. The van der Waals surface area contributed by atoms with E-state index in [-0.39, 0.29) is 37.6 Å². The van der Waals surface area contributed by atoms with Crippen LogP contribution in [0.2, 0.25) is 0 Å². The summed E-state index contributed by atoms with van der Waals surface area (Å²) in [5.74, 6) is -0.213. The third-order valence-electron chi connectivity index (χ3n) is 2.30. The second-order valence-corrected chi connectivity index (χ2v) is 3.64. The third-order valence-corrected chi connectivity index (χ3v) is 2.30. The third kappa shape index (κ3) is 2.78. The van der Waals surface area contributed by atoms with E-state index >= 15 is 0 Å². The molecule has 0 radical (unpaired) electrons. The first-order valence-electron chi connectivity index (χ1n) is 4.64. The molecule has 2 unspecified atom stereocenters. The van der Waals surface area contributed by atoms with Crippen molar-refractivity contribution >= 4 is 11.7 Å². The largest absolute Gasteiger partial charge is 0.388 e. The highest BCUT2D eigenvalue weighted by molar-refractivity contribution is 5.83. The van der Waals surface area contributed by atoms with Gasteiger partial charge in [0.1, 0.15) is 5.78 Å². The van der Waals surface area contributed by atoms with Gasteiger partial charge >= 0.3 is 0 Å². The molecule has 1 rings (SSSR count). The maximum absolute atomic E-state index is 11.4. The monoisotopic (exact) mass is 201 g/mol. The van der Waals surface area contributed by atoms with Gasteiger partial charge in [0.05, 0.1) is 12.2 Å². The van der Waals surface area contributed by atoms with Crippen LogP contribution in [0, 0.1) is 0 Å². The topological polar surface area (TPSA) is 77.8 Å². The number of ketones is 1. The number of aliphatic hydroxyl groups excluding tert-OH is 2. The van der Waals surface area contributed by atoms with Gasteiger partial charge in [-0.05, 0) is 6.92 Å². The Labute approximate surface area is 82.3 Å². The van der Waals surface area contributed by atoms with Crippen molar-refractivity contribution in [2.75, 3.05) is 13.1 Å². The molecule has 80 valence electrons. The molecule has 1 aliphatic heterocycles. The first-order chi connectivity index (χ1) is 6.50. The second kappa shape index (κ2) is 4.52. The van der Waals surface area contributed by atoms with Crippen LogP contribution in [-0.2, 0) is 9.59 Å². The van der Waals surface area contributed by atoms with Crippen molar-refractivity contribution < 1.29 is 19.8 Å². The normalized spacial score (nSPS) is 26.6. The van der Waals surface area contributed by atoms with E-state index in [1.165, 1.54) is 11.8 Å².